The number of anilines is 1. The monoisotopic (exact) mass is 528 g/mol. The van der Waals surface area contributed by atoms with Crippen LogP contribution in [0.5, 0.6) is 23.0 Å². The Morgan fingerprint density at radius 2 is 1.74 bits per heavy atom. The summed E-state index contributed by atoms with van der Waals surface area (Å²) in [4.78, 5) is 23.4. The number of nitrogens with one attached hydrogen (secondary N) is 1. The molecule has 38 heavy (non-hydrogen) atoms. The quantitative estimate of drug-likeness (QED) is 0.187. The number of furan rings is 1. The number of nitro benzene ring substituents is 1. The van der Waals surface area contributed by atoms with Crippen LogP contribution < -0.4 is 19.5 Å². The van der Waals surface area contributed by atoms with E-state index in [0.29, 0.717) is 17.3 Å². The number of hydrogen-bond acceptors (Lipinski definition) is 7. The Balaban J connectivity index is 1.48. The van der Waals surface area contributed by atoms with Crippen molar-refractivity contribution in [2.24, 2.45) is 0 Å². The van der Waals surface area contributed by atoms with E-state index in [2.05, 4.69) is 5.32 Å². The van der Waals surface area contributed by atoms with E-state index in [4.69, 9.17) is 18.6 Å². The van der Waals surface area contributed by atoms with E-state index in [9.17, 15) is 28.1 Å². The summed E-state index contributed by atoms with van der Waals surface area (Å²) in [5, 5.41) is 13.8. The van der Waals surface area contributed by atoms with Crippen molar-refractivity contribution < 1.29 is 41.5 Å². The van der Waals surface area contributed by atoms with Crippen molar-refractivity contribution in [3.63, 3.8) is 0 Å². The van der Waals surface area contributed by atoms with E-state index in [1.54, 1.807) is 24.3 Å². The van der Waals surface area contributed by atoms with Gasteiger partial charge in [0.2, 0.25) is 0 Å². The van der Waals surface area contributed by atoms with Gasteiger partial charge in [0.25, 0.3) is 11.6 Å². The summed E-state index contributed by atoms with van der Waals surface area (Å²) in [5.41, 5.74) is -1.43. The third kappa shape index (κ3) is 6.40. The third-order valence-corrected chi connectivity index (χ3v) is 5.08. The van der Waals surface area contributed by atoms with Gasteiger partial charge >= 0.3 is 6.18 Å². The maximum atomic E-state index is 13.0. The van der Waals surface area contributed by atoms with Crippen molar-refractivity contribution in [1.29, 1.82) is 0 Å². The van der Waals surface area contributed by atoms with Crippen LogP contribution in [-0.4, -0.2) is 17.9 Å². The zero-order valence-electron chi connectivity index (χ0n) is 19.7. The number of halogens is 3. The van der Waals surface area contributed by atoms with Gasteiger partial charge in [-0.15, -0.1) is 0 Å². The summed E-state index contributed by atoms with van der Waals surface area (Å²) in [5.74, 6) is 0.152. The minimum Gasteiger partial charge on any atom is -0.493 e. The van der Waals surface area contributed by atoms with Crippen molar-refractivity contribution >= 4 is 17.3 Å². The molecule has 0 aliphatic carbocycles. The van der Waals surface area contributed by atoms with E-state index in [1.165, 1.54) is 31.4 Å². The van der Waals surface area contributed by atoms with Crippen LogP contribution in [0.25, 0.3) is 0 Å². The van der Waals surface area contributed by atoms with Crippen LogP contribution in [0.1, 0.15) is 21.9 Å². The number of carbonyl (C=O) groups is 1. The van der Waals surface area contributed by atoms with Gasteiger partial charge in [0, 0.05) is 12.1 Å². The topological polar surface area (TPSA) is 113 Å². The van der Waals surface area contributed by atoms with Crippen LogP contribution >= 0.6 is 0 Å². The van der Waals surface area contributed by atoms with Crippen molar-refractivity contribution in [1.82, 2.24) is 0 Å². The number of rotatable bonds is 9. The lowest BCUT2D eigenvalue weighted by Crippen LogP contribution is -2.11. The molecule has 4 rings (SSSR count). The molecule has 4 aromatic rings. The van der Waals surface area contributed by atoms with E-state index in [0.717, 1.165) is 30.3 Å². The number of non-ortho nitro benzene ring substituents is 1. The van der Waals surface area contributed by atoms with Gasteiger partial charge in [-0.2, -0.15) is 13.2 Å². The maximum Gasteiger partial charge on any atom is 0.416 e. The summed E-state index contributed by atoms with van der Waals surface area (Å²) in [6.45, 7) is -0.000556. The number of hydrogen-bond donors (Lipinski definition) is 1. The van der Waals surface area contributed by atoms with E-state index < -0.39 is 28.3 Å². The molecule has 1 N–H and O–H groups in total. The van der Waals surface area contributed by atoms with Crippen LogP contribution in [0.3, 0.4) is 0 Å². The average molecular weight is 528 g/mol. The van der Waals surface area contributed by atoms with E-state index in [-0.39, 0.29) is 29.6 Å². The van der Waals surface area contributed by atoms with Gasteiger partial charge in [0.05, 0.1) is 29.4 Å². The first-order valence-electron chi connectivity index (χ1n) is 10.9. The summed E-state index contributed by atoms with van der Waals surface area (Å²) in [6, 6.07) is 17.3. The van der Waals surface area contributed by atoms with Crippen LogP contribution in [-0.2, 0) is 12.8 Å². The number of amides is 1. The summed E-state index contributed by atoms with van der Waals surface area (Å²) < 4.78 is 60.8. The van der Waals surface area contributed by atoms with Gasteiger partial charge in [-0.25, -0.2) is 0 Å². The smallest absolute Gasteiger partial charge is 0.416 e. The number of benzene rings is 3. The Labute approximate surface area is 213 Å². The van der Waals surface area contributed by atoms with Gasteiger partial charge in [0.1, 0.15) is 23.9 Å². The van der Waals surface area contributed by atoms with Gasteiger partial charge in [-0.05, 0) is 42.5 Å². The fraction of sp³-hybridized carbons (Fsp3) is 0.115. The lowest BCUT2D eigenvalue weighted by Gasteiger charge is -2.11. The summed E-state index contributed by atoms with van der Waals surface area (Å²) in [7, 11) is 1.50. The van der Waals surface area contributed by atoms with Crippen molar-refractivity contribution in [2.75, 3.05) is 12.4 Å². The Morgan fingerprint density at radius 3 is 2.45 bits per heavy atom. The largest absolute Gasteiger partial charge is 0.493 e. The highest BCUT2D eigenvalue weighted by Gasteiger charge is 2.30. The highest BCUT2D eigenvalue weighted by atomic mass is 19.4. The molecule has 0 spiro atoms. The molecule has 0 saturated heterocycles. The molecule has 0 unspecified atom stereocenters. The lowest BCUT2D eigenvalue weighted by molar-refractivity contribution is -0.384. The number of para-hydroxylation sites is 2. The molecular formula is C26H19F3N2O7. The molecule has 1 amide bonds. The standard InChI is InChI=1S/C26H19F3N2O7/c1-35-22-7-2-3-8-23(22)36-15-20-9-10-24(38-20)25(32)30-17-12-18(31(33)34)14-21(13-17)37-19-6-4-5-16(11-19)26(27,28)29/h2-14H,15H2,1H3,(H,30,32). The predicted octanol–water partition coefficient (Wildman–Crippen LogP) is 6.84. The molecular weight excluding hydrogens is 509 g/mol. The first kappa shape index (κ1) is 26.1. The van der Waals surface area contributed by atoms with Crippen molar-refractivity contribution in [3.8, 4) is 23.0 Å². The second kappa shape index (κ2) is 10.9. The predicted molar refractivity (Wildman–Crippen MR) is 129 cm³/mol. The molecule has 0 aliphatic rings. The van der Waals surface area contributed by atoms with Gasteiger partial charge in [-0.1, -0.05) is 18.2 Å². The zero-order valence-corrected chi connectivity index (χ0v) is 19.7. The first-order valence-corrected chi connectivity index (χ1v) is 10.9. The highest BCUT2D eigenvalue weighted by Crippen LogP contribution is 2.34. The van der Waals surface area contributed by atoms with Gasteiger partial charge in [-0.3, -0.25) is 14.9 Å². The molecule has 196 valence electrons. The second-order valence-corrected chi connectivity index (χ2v) is 7.76. The molecule has 9 nitrogen and oxygen atoms in total. The Bertz CT molecular complexity index is 1470. The van der Waals surface area contributed by atoms with Crippen molar-refractivity contribution in [2.45, 2.75) is 12.8 Å². The number of methoxy groups -OCH3 is 1. The number of ether oxygens (including phenoxy) is 3. The number of nitro groups is 1. The molecule has 0 saturated carbocycles. The minimum absolute atomic E-state index is 0.000556. The average Bonchev–Trinajstić information content (AvgIpc) is 3.36. The second-order valence-electron chi connectivity index (χ2n) is 7.76. The Kier molecular flexibility index (Phi) is 7.51. The molecule has 0 fully saturated rings. The number of nitrogens with zero attached hydrogens (tertiary/aromatic N) is 1. The van der Waals surface area contributed by atoms with Crippen LogP contribution in [0.2, 0.25) is 0 Å². The molecule has 0 aliphatic heterocycles. The molecule has 12 heteroatoms. The zero-order chi connectivity index (χ0) is 27.3. The van der Waals surface area contributed by atoms with Crippen LogP contribution in [0.15, 0.2) is 83.3 Å². The molecule has 0 radical (unpaired) electrons. The third-order valence-electron chi connectivity index (χ3n) is 5.08. The van der Waals surface area contributed by atoms with Crippen LogP contribution in [0, 0.1) is 10.1 Å². The van der Waals surface area contributed by atoms with Crippen molar-refractivity contribution in [3.05, 3.63) is 106 Å². The van der Waals surface area contributed by atoms with Gasteiger partial charge < -0.3 is 23.9 Å². The summed E-state index contributed by atoms with van der Waals surface area (Å²) in [6.07, 6.45) is -4.60. The Hall–Kier alpha value is -5.00. The summed E-state index contributed by atoms with van der Waals surface area (Å²) >= 11 is 0. The molecule has 0 atom stereocenters. The molecule has 1 aromatic heterocycles. The number of alkyl halides is 3. The lowest BCUT2D eigenvalue weighted by atomic mass is 10.2. The van der Waals surface area contributed by atoms with Crippen LogP contribution in [0.4, 0.5) is 24.5 Å². The SMILES string of the molecule is COc1ccccc1OCc1ccc(C(=O)Nc2cc(Oc3cccc(C(F)(F)F)c3)cc([N+](=O)[O-])c2)o1. The van der Waals surface area contributed by atoms with E-state index >= 15 is 0 Å². The fourth-order valence-electron chi connectivity index (χ4n) is 3.35. The fourth-order valence-corrected chi connectivity index (χ4v) is 3.35. The molecule has 3 aromatic carbocycles. The Morgan fingerprint density at radius 1 is 0.974 bits per heavy atom. The first-order chi connectivity index (χ1) is 18.1. The highest BCUT2D eigenvalue weighted by molar-refractivity contribution is 6.02. The van der Waals surface area contributed by atoms with Gasteiger partial charge in [0.15, 0.2) is 17.3 Å². The van der Waals surface area contributed by atoms with E-state index in [1.807, 2.05) is 0 Å². The minimum atomic E-state index is -4.60. The number of carbonyl (C=O) groups excluding carboxylic acids is 1. The molecule has 0 bridgehead atoms. The maximum absolute atomic E-state index is 13.0. The molecule has 1 heterocycles. The normalized spacial score (nSPS) is 11.1.